The maximum Gasteiger partial charge on any atom is 0.200 e. The first-order chi connectivity index (χ1) is 12.6. The van der Waals surface area contributed by atoms with Crippen molar-refractivity contribution in [2.45, 2.75) is 71.6 Å². The second kappa shape index (κ2) is 9.01. The van der Waals surface area contributed by atoms with Gasteiger partial charge in [0.2, 0.25) is 5.82 Å². The molecule has 0 saturated heterocycles. The van der Waals surface area contributed by atoms with E-state index in [1.807, 2.05) is 0 Å². The molecule has 0 heterocycles. The van der Waals surface area contributed by atoms with Gasteiger partial charge in [-0.15, -0.1) is 0 Å². The zero-order chi connectivity index (χ0) is 18.5. The molecule has 0 N–H and O–H groups in total. The van der Waals surface area contributed by atoms with E-state index in [0.717, 1.165) is 48.2 Å². The van der Waals surface area contributed by atoms with Crippen LogP contribution in [0.15, 0.2) is 18.2 Å². The van der Waals surface area contributed by atoms with E-state index in [0.29, 0.717) is 6.61 Å². The number of rotatable bonds is 6. The molecule has 0 aromatic heterocycles. The number of hydrogen-bond acceptors (Lipinski definition) is 1. The van der Waals surface area contributed by atoms with Gasteiger partial charge in [-0.1, -0.05) is 38.7 Å². The molecule has 0 bridgehead atoms. The molecule has 26 heavy (non-hydrogen) atoms. The summed E-state index contributed by atoms with van der Waals surface area (Å²) in [7, 11) is 0. The Balaban J connectivity index is 1.63. The average Bonchev–Trinajstić information content (AvgIpc) is 2.66. The Labute approximate surface area is 156 Å². The SMILES string of the molecule is CCCC1CCC(C2CC=C(c3cc(F)c(F)c(OCC)c3)CC2)CC1. The van der Waals surface area contributed by atoms with Crippen LogP contribution >= 0.6 is 0 Å². The molecular formula is C23H32F2O. The highest BCUT2D eigenvalue weighted by atomic mass is 19.2. The van der Waals surface area contributed by atoms with Crippen LogP contribution < -0.4 is 4.74 Å². The Morgan fingerprint density at radius 3 is 2.38 bits per heavy atom. The molecule has 1 fully saturated rings. The molecule has 1 atom stereocenters. The maximum absolute atomic E-state index is 13.9. The van der Waals surface area contributed by atoms with Crippen LogP contribution in [0.5, 0.6) is 5.75 Å². The molecule has 1 aromatic rings. The van der Waals surface area contributed by atoms with Crippen LogP contribution in [-0.2, 0) is 0 Å². The van der Waals surface area contributed by atoms with Crippen molar-refractivity contribution in [2.24, 2.45) is 17.8 Å². The lowest BCUT2D eigenvalue weighted by molar-refractivity contribution is 0.189. The molecular weight excluding hydrogens is 330 g/mol. The van der Waals surface area contributed by atoms with E-state index >= 15 is 0 Å². The maximum atomic E-state index is 13.9. The zero-order valence-electron chi connectivity index (χ0n) is 16.2. The minimum absolute atomic E-state index is 0.0276. The molecule has 144 valence electrons. The molecule has 1 nitrogen and oxygen atoms in total. The number of benzene rings is 1. The van der Waals surface area contributed by atoms with E-state index in [-0.39, 0.29) is 5.75 Å². The molecule has 1 aromatic carbocycles. The fraction of sp³-hybridized carbons (Fsp3) is 0.652. The predicted molar refractivity (Wildman–Crippen MR) is 103 cm³/mol. The van der Waals surface area contributed by atoms with Crippen LogP contribution in [-0.4, -0.2) is 6.61 Å². The fourth-order valence-electron chi connectivity index (χ4n) is 4.91. The highest BCUT2D eigenvalue weighted by Gasteiger charge is 2.28. The molecule has 0 radical (unpaired) electrons. The minimum Gasteiger partial charge on any atom is -0.491 e. The highest BCUT2D eigenvalue weighted by molar-refractivity contribution is 5.67. The fourth-order valence-corrected chi connectivity index (χ4v) is 4.91. The van der Waals surface area contributed by atoms with Crippen LogP contribution in [0.4, 0.5) is 8.78 Å². The van der Waals surface area contributed by atoms with Crippen LogP contribution in [0.1, 0.15) is 77.2 Å². The summed E-state index contributed by atoms with van der Waals surface area (Å²) < 4.78 is 33.0. The smallest absolute Gasteiger partial charge is 0.200 e. The third-order valence-corrected chi connectivity index (χ3v) is 6.37. The topological polar surface area (TPSA) is 9.23 Å². The van der Waals surface area contributed by atoms with Crippen LogP contribution in [0, 0.1) is 29.4 Å². The van der Waals surface area contributed by atoms with Crippen molar-refractivity contribution in [1.82, 2.24) is 0 Å². The number of halogens is 2. The van der Waals surface area contributed by atoms with Crippen molar-refractivity contribution in [1.29, 1.82) is 0 Å². The third-order valence-electron chi connectivity index (χ3n) is 6.37. The molecule has 3 heteroatoms. The van der Waals surface area contributed by atoms with Gasteiger partial charge in [0.05, 0.1) is 6.61 Å². The van der Waals surface area contributed by atoms with Gasteiger partial charge < -0.3 is 4.74 Å². The van der Waals surface area contributed by atoms with Crippen molar-refractivity contribution in [3.05, 3.63) is 35.4 Å². The van der Waals surface area contributed by atoms with Gasteiger partial charge in [-0.3, -0.25) is 0 Å². The first kappa shape index (κ1) is 19.4. The molecule has 2 aliphatic carbocycles. The predicted octanol–water partition coefficient (Wildman–Crippen LogP) is 7.15. The van der Waals surface area contributed by atoms with Gasteiger partial charge in [0, 0.05) is 0 Å². The first-order valence-electron chi connectivity index (χ1n) is 10.4. The Bertz CT molecular complexity index is 629. The second-order valence-corrected chi connectivity index (χ2v) is 8.04. The van der Waals surface area contributed by atoms with E-state index in [4.69, 9.17) is 4.74 Å². The first-order valence-corrected chi connectivity index (χ1v) is 10.4. The molecule has 0 spiro atoms. The standard InChI is InChI=1S/C23H32F2O/c1-3-5-16-6-8-17(9-7-16)18-10-12-19(13-11-18)20-14-21(24)23(25)22(15-20)26-4-2/h12,14-18H,3-11,13H2,1-2H3. The van der Waals surface area contributed by atoms with E-state index in [1.54, 1.807) is 13.0 Å². The molecule has 0 aliphatic heterocycles. The highest BCUT2D eigenvalue weighted by Crippen LogP contribution is 2.42. The van der Waals surface area contributed by atoms with Crippen LogP contribution in [0.3, 0.4) is 0 Å². The summed E-state index contributed by atoms with van der Waals surface area (Å²) in [5, 5.41) is 0. The lowest BCUT2D eigenvalue weighted by atomic mass is 9.70. The lowest BCUT2D eigenvalue weighted by Gasteiger charge is -2.35. The van der Waals surface area contributed by atoms with Gasteiger partial charge in [0.15, 0.2) is 11.6 Å². The van der Waals surface area contributed by atoms with Gasteiger partial charge in [0.1, 0.15) is 0 Å². The molecule has 2 aliphatic rings. The van der Waals surface area contributed by atoms with E-state index in [9.17, 15) is 8.78 Å². The number of hydrogen-bond donors (Lipinski definition) is 0. The van der Waals surface area contributed by atoms with Gasteiger partial charge in [-0.25, -0.2) is 4.39 Å². The number of allylic oxidation sites excluding steroid dienone is 2. The largest absolute Gasteiger partial charge is 0.491 e. The third kappa shape index (κ3) is 4.47. The van der Waals surface area contributed by atoms with Gasteiger partial charge in [0.25, 0.3) is 0 Å². The normalized spacial score (nSPS) is 26.5. The summed E-state index contributed by atoms with van der Waals surface area (Å²) >= 11 is 0. The number of ether oxygens (including phenoxy) is 1. The Morgan fingerprint density at radius 2 is 1.77 bits per heavy atom. The summed E-state index contributed by atoms with van der Waals surface area (Å²) in [5.41, 5.74) is 1.92. The summed E-state index contributed by atoms with van der Waals surface area (Å²) in [5.74, 6) is 0.893. The molecule has 1 unspecified atom stereocenters. The van der Waals surface area contributed by atoms with Crippen LogP contribution in [0.25, 0.3) is 5.57 Å². The summed E-state index contributed by atoms with van der Waals surface area (Å²) in [6.07, 6.45) is 13.7. The van der Waals surface area contributed by atoms with Crippen molar-refractivity contribution in [3.63, 3.8) is 0 Å². The Kier molecular flexibility index (Phi) is 6.72. The van der Waals surface area contributed by atoms with Gasteiger partial charge in [-0.05, 0) is 80.1 Å². The van der Waals surface area contributed by atoms with E-state index in [2.05, 4.69) is 13.0 Å². The molecule has 1 saturated carbocycles. The van der Waals surface area contributed by atoms with Gasteiger partial charge in [-0.2, -0.15) is 4.39 Å². The molecule has 0 amide bonds. The van der Waals surface area contributed by atoms with Crippen molar-refractivity contribution < 1.29 is 13.5 Å². The average molecular weight is 363 g/mol. The summed E-state index contributed by atoms with van der Waals surface area (Å²) in [6, 6.07) is 2.98. The lowest BCUT2D eigenvalue weighted by Crippen LogP contribution is -2.23. The monoisotopic (exact) mass is 362 g/mol. The van der Waals surface area contributed by atoms with Crippen LogP contribution in [0.2, 0.25) is 0 Å². The quantitative estimate of drug-likeness (QED) is 0.522. The zero-order valence-corrected chi connectivity index (χ0v) is 16.2. The van der Waals surface area contributed by atoms with Crippen molar-refractivity contribution in [2.75, 3.05) is 6.61 Å². The van der Waals surface area contributed by atoms with E-state index in [1.165, 1.54) is 44.6 Å². The Hall–Kier alpha value is -1.38. The summed E-state index contributed by atoms with van der Waals surface area (Å²) in [4.78, 5) is 0. The van der Waals surface area contributed by atoms with E-state index < -0.39 is 11.6 Å². The van der Waals surface area contributed by atoms with Crippen molar-refractivity contribution in [3.8, 4) is 5.75 Å². The molecule has 3 rings (SSSR count). The minimum atomic E-state index is -0.881. The van der Waals surface area contributed by atoms with Crippen molar-refractivity contribution >= 4 is 5.57 Å². The summed E-state index contributed by atoms with van der Waals surface area (Å²) in [6.45, 7) is 4.40. The second-order valence-electron chi connectivity index (χ2n) is 8.04. The Morgan fingerprint density at radius 1 is 1.00 bits per heavy atom. The van der Waals surface area contributed by atoms with Gasteiger partial charge >= 0.3 is 0 Å².